The quantitative estimate of drug-likeness (QED) is 0.430. The lowest BCUT2D eigenvalue weighted by Gasteiger charge is -2.22. The second-order valence-electron chi connectivity index (χ2n) is 6.12. The second-order valence-corrected chi connectivity index (χ2v) is 6.12. The van der Waals surface area contributed by atoms with E-state index in [2.05, 4.69) is 20.5 Å². The van der Waals surface area contributed by atoms with E-state index in [-0.39, 0.29) is 5.91 Å². The van der Waals surface area contributed by atoms with Gasteiger partial charge in [0.05, 0.1) is 6.61 Å². The van der Waals surface area contributed by atoms with Gasteiger partial charge in [0.25, 0.3) is 5.91 Å². The summed E-state index contributed by atoms with van der Waals surface area (Å²) in [5.41, 5.74) is 1.76. The van der Waals surface area contributed by atoms with E-state index in [0.29, 0.717) is 18.7 Å². The van der Waals surface area contributed by atoms with Crippen LogP contribution in [0.4, 0.5) is 0 Å². The van der Waals surface area contributed by atoms with E-state index in [1.807, 2.05) is 31.3 Å². The van der Waals surface area contributed by atoms with Crippen molar-refractivity contribution in [1.29, 1.82) is 0 Å². The number of nitrogens with zero attached hydrogens (tertiary/aromatic N) is 2. The number of likely N-dealkylation sites (N-methyl/N-ethyl adjacent to an activating group) is 1. The fraction of sp³-hybridized carbons (Fsp3) is 0.556. The summed E-state index contributed by atoms with van der Waals surface area (Å²) >= 11 is 0. The molecule has 1 aromatic rings. The Kier molecular flexibility index (Phi) is 7.06. The first-order valence-electron chi connectivity index (χ1n) is 8.44. The van der Waals surface area contributed by atoms with Crippen molar-refractivity contribution in [3.8, 4) is 0 Å². The molecular weight excluding hydrogens is 304 g/mol. The van der Waals surface area contributed by atoms with Crippen LogP contribution in [0.3, 0.4) is 0 Å². The SMILES string of the molecule is CN=C(NCc1ccc(C(=O)NC)cc1)N(C)CCOCC1CC1. The number of carbonyl (C=O) groups is 1. The standard InChI is InChI=1S/C18H28N4O2/c1-19-17(23)16-8-6-14(7-9-16)12-21-18(20-2)22(3)10-11-24-13-15-4-5-15/h6-9,15H,4-5,10-13H2,1-3H3,(H,19,23)(H,20,21). The molecule has 6 nitrogen and oxygen atoms in total. The number of aliphatic imine (C=N–C) groups is 1. The maximum absolute atomic E-state index is 11.5. The summed E-state index contributed by atoms with van der Waals surface area (Å²) < 4.78 is 5.67. The minimum absolute atomic E-state index is 0.0729. The number of hydrogen-bond donors (Lipinski definition) is 2. The van der Waals surface area contributed by atoms with Gasteiger partial charge in [-0.1, -0.05) is 12.1 Å². The molecule has 0 atom stereocenters. The van der Waals surface area contributed by atoms with Crippen LogP contribution in [0.5, 0.6) is 0 Å². The van der Waals surface area contributed by atoms with Crippen molar-refractivity contribution in [2.75, 3.05) is 40.9 Å². The second kappa shape index (κ2) is 9.27. The van der Waals surface area contributed by atoms with Crippen LogP contribution in [0, 0.1) is 5.92 Å². The minimum atomic E-state index is -0.0729. The highest BCUT2D eigenvalue weighted by Crippen LogP contribution is 2.28. The van der Waals surface area contributed by atoms with E-state index in [9.17, 15) is 4.79 Å². The van der Waals surface area contributed by atoms with Crippen molar-refractivity contribution in [3.05, 3.63) is 35.4 Å². The first kappa shape index (κ1) is 18.3. The molecule has 1 aliphatic carbocycles. The molecule has 0 bridgehead atoms. The predicted molar refractivity (Wildman–Crippen MR) is 96.2 cm³/mol. The minimum Gasteiger partial charge on any atom is -0.379 e. The van der Waals surface area contributed by atoms with Gasteiger partial charge in [0.15, 0.2) is 5.96 Å². The molecule has 0 aliphatic heterocycles. The largest absolute Gasteiger partial charge is 0.379 e. The molecule has 0 spiro atoms. The lowest BCUT2D eigenvalue weighted by Crippen LogP contribution is -2.40. The third-order valence-electron chi connectivity index (χ3n) is 4.09. The highest BCUT2D eigenvalue weighted by Gasteiger charge is 2.21. The Hall–Kier alpha value is -2.08. The number of amides is 1. The van der Waals surface area contributed by atoms with Gasteiger partial charge in [-0.05, 0) is 36.5 Å². The van der Waals surface area contributed by atoms with E-state index in [1.54, 1.807) is 14.1 Å². The molecule has 0 saturated heterocycles. The number of benzene rings is 1. The summed E-state index contributed by atoms with van der Waals surface area (Å²) in [7, 11) is 5.41. The smallest absolute Gasteiger partial charge is 0.251 e. The molecule has 2 N–H and O–H groups in total. The summed E-state index contributed by atoms with van der Waals surface area (Å²) in [5.74, 6) is 1.56. The van der Waals surface area contributed by atoms with Crippen LogP contribution in [0.2, 0.25) is 0 Å². The zero-order chi connectivity index (χ0) is 17.4. The van der Waals surface area contributed by atoms with Crippen LogP contribution in [-0.2, 0) is 11.3 Å². The normalized spacial score (nSPS) is 14.4. The first-order valence-corrected chi connectivity index (χ1v) is 8.44. The molecule has 0 heterocycles. The monoisotopic (exact) mass is 332 g/mol. The fourth-order valence-corrected chi connectivity index (χ4v) is 2.33. The summed E-state index contributed by atoms with van der Waals surface area (Å²) in [5, 5.41) is 5.95. The Morgan fingerprint density at radius 3 is 2.62 bits per heavy atom. The molecular formula is C18H28N4O2. The van der Waals surface area contributed by atoms with Gasteiger partial charge in [-0.3, -0.25) is 9.79 Å². The summed E-state index contributed by atoms with van der Waals surface area (Å²) in [6.07, 6.45) is 2.63. The molecule has 0 unspecified atom stereocenters. The van der Waals surface area contributed by atoms with E-state index in [4.69, 9.17) is 4.74 Å². The van der Waals surface area contributed by atoms with Crippen LogP contribution >= 0.6 is 0 Å². The van der Waals surface area contributed by atoms with Crippen LogP contribution < -0.4 is 10.6 Å². The fourth-order valence-electron chi connectivity index (χ4n) is 2.33. The summed E-state index contributed by atoms with van der Waals surface area (Å²) in [6.45, 7) is 3.07. The average Bonchev–Trinajstić information content (AvgIpc) is 3.43. The molecule has 2 rings (SSSR count). The van der Waals surface area contributed by atoms with Gasteiger partial charge in [0, 0.05) is 46.4 Å². The highest BCUT2D eigenvalue weighted by atomic mass is 16.5. The van der Waals surface area contributed by atoms with Crippen LogP contribution in [0.25, 0.3) is 0 Å². The highest BCUT2D eigenvalue weighted by molar-refractivity contribution is 5.93. The summed E-state index contributed by atoms with van der Waals surface area (Å²) in [6, 6.07) is 7.55. The van der Waals surface area contributed by atoms with Crippen molar-refractivity contribution in [1.82, 2.24) is 15.5 Å². The molecule has 1 aromatic carbocycles. The number of carbonyl (C=O) groups excluding carboxylic acids is 1. The van der Waals surface area contributed by atoms with Gasteiger partial charge in [0.2, 0.25) is 0 Å². The topological polar surface area (TPSA) is 66.0 Å². The lowest BCUT2D eigenvalue weighted by molar-refractivity contribution is 0.0963. The van der Waals surface area contributed by atoms with E-state index >= 15 is 0 Å². The third kappa shape index (κ3) is 5.85. The third-order valence-corrected chi connectivity index (χ3v) is 4.09. The molecule has 132 valence electrons. The van der Waals surface area contributed by atoms with Gasteiger partial charge in [-0.25, -0.2) is 0 Å². The van der Waals surface area contributed by atoms with Gasteiger partial charge in [-0.15, -0.1) is 0 Å². The summed E-state index contributed by atoms with van der Waals surface area (Å²) in [4.78, 5) is 17.9. The van der Waals surface area contributed by atoms with Crippen LogP contribution in [0.15, 0.2) is 29.3 Å². The van der Waals surface area contributed by atoms with Gasteiger partial charge >= 0.3 is 0 Å². The molecule has 0 radical (unpaired) electrons. The zero-order valence-electron chi connectivity index (χ0n) is 14.8. The van der Waals surface area contributed by atoms with Crippen LogP contribution in [0.1, 0.15) is 28.8 Å². The van der Waals surface area contributed by atoms with Gasteiger partial charge in [0.1, 0.15) is 0 Å². The molecule has 1 aliphatic rings. The van der Waals surface area contributed by atoms with Crippen molar-refractivity contribution in [2.45, 2.75) is 19.4 Å². The molecule has 1 fully saturated rings. The number of ether oxygens (including phenoxy) is 1. The Labute approximate surface area is 144 Å². The molecule has 24 heavy (non-hydrogen) atoms. The van der Waals surface area contributed by atoms with Crippen molar-refractivity contribution < 1.29 is 9.53 Å². The van der Waals surface area contributed by atoms with Crippen molar-refractivity contribution in [3.63, 3.8) is 0 Å². The maximum Gasteiger partial charge on any atom is 0.251 e. The number of guanidine groups is 1. The predicted octanol–water partition coefficient (Wildman–Crippen LogP) is 1.48. The van der Waals surface area contributed by atoms with E-state index in [1.165, 1.54) is 12.8 Å². The molecule has 1 saturated carbocycles. The Balaban J connectivity index is 1.74. The number of rotatable bonds is 8. The molecule has 1 amide bonds. The van der Waals surface area contributed by atoms with Gasteiger partial charge < -0.3 is 20.3 Å². The Bertz CT molecular complexity index is 553. The molecule has 6 heteroatoms. The average molecular weight is 332 g/mol. The Morgan fingerprint density at radius 2 is 2.04 bits per heavy atom. The molecule has 0 aromatic heterocycles. The lowest BCUT2D eigenvalue weighted by atomic mass is 10.1. The number of nitrogens with one attached hydrogen (secondary N) is 2. The van der Waals surface area contributed by atoms with Gasteiger partial charge in [-0.2, -0.15) is 0 Å². The zero-order valence-corrected chi connectivity index (χ0v) is 14.8. The van der Waals surface area contributed by atoms with Crippen LogP contribution in [-0.4, -0.2) is 57.7 Å². The van der Waals surface area contributed by atoms with Crippen molar-refractivity contribution >= 4 is 11.9 Å². The van der Waals surface area contributed by atoms with Crippen molar-refractivity contribution in [2.24, 2.45) is 10.9 Å². The maximum atomic E-state index is 11.5. The Morgan fingerprint density at radius 1 is 1.33 bits per heavy atom. The van der Waals surface area contributed by atoms with E-state index in [0.717, 1.165) is 30.6 Å². The number of hydrogen-bond acceptors (Lipinski definition) is 3. The van der Waals surface area contributed by atoms with E-state index < -0.39 is 0 Å². The first-order chi connectivity index (χ1) is 11.6.